The second-order valence-electron chi connectivity index (χ2n) is 4.44. The third-order valence-electron chi connectivity index (χ3n) is 3.19. The fraction of sp³-hybridized carbons (Fsp3) is 0. The Hall–Kier alpha value is -2.61. The molecule has 2 nitrogen and oxygen atoms in total. The summed E-state index contributed by atoms with van der Waals surface area (Å²) in [4.78, 5) is 10.6. The van der Waals surface area contributed by atoms with Crippen LogP contribution in [0.3, 0.4) is 0 Å². The van der Waals surface area contributed by atoms with Gasteiger partial charge in [-0.1, -0.05) is 48.5 Å². The second kappa shape index (κ2) is 4.58. The quantitative estimate of drug-likeness (QED) is 0.548. The highest BCUT2D eigenvalue weighted by Crippen LogP contribution is 2.26. The van der Waals surface area contributed by atoms with Crippen LogP contribution in [0.5, 0.6) is 0 Å². The van der Waals surface area contributed by atoms with Crippen LogP contribution in [-0.4, -0.2) is 11.1 Å². The summed E-state index contributed by atoms with van der Waals surface area (Å²) in [6.45, 7) is 0. The molecule has 1 N–H and O–H groups in total. The largest absolute Gasteiger partial charge is 0.478 e. The molecule has 3 aromatic rings. The fourth-order valence-corrected chi connectivity index (χ4v) is 2.29. The van der Waals surface area contributed by atoms with E-state index < -0.39 is 5.97 Å². The van der Waals surface area contributed by atoms with Crippen molar-refractivity contribution in [3.8, 4) is 0 Å². The summed E-state index contributed by atoms with van der Waals surface area (Å²) in [6.07, 6.45) is 2.77. The van der Waals surface area contributed by atoms with E-state index in [0.717, 1.165) is 22.4 Å². The molecule has 92 valence electrons. The zero-order valence-electron chi connectivity index (χ0n) is 10.2. The van der Waals surface area contributed by atoms with Crippen molar-refractivity contribution in [3.63, 3.8) is 0 Å². The molecule has 0 aliphatic carbocycles. The lowest BCUT2D eigenvalue weighted by Crippen LogP contribution is -1.86. The van der Waals surface area contributed by atoms with Gasteiger partial charge in [-0.3, -0.25) is 0 Å². The molecule has 19 heavy (non-hydrogen) atoms. The van der Waals surface area contributed by atoms with Crippen molar-refractivity contribution in [1.29, 1.82) is 0 Å². The van der Waals surface area contributed by atoms with Crippen molar-refractivity contribution in [2.24, 2.45) is 0 Å². The second-order valence-corrected chi connectivity index (χ2v) is 4.44. The first-order chi connectivity index (χ1) is 9.24. The number of carboxylic acids is 1. The zero-order chi connectivity index (χ0) is 13.2. The van der Waals surface area contributed by atoms with Gasteiger partial charge < -0.3 is 5.11 Å². The smallest absolute Gasteiger partial charge is 0.328 e. The summed E-state index contributed by atoms with van der Waals surface area (Å²) >= 11 is 0. The number of rotatable bonds is 2. The molecule has 0 saturated carbocycles. The van der Waals surface area contributed by atoms with Crippen LogP contribution in [0.4, 0.5) is 0 Å². The van der Waals surface area contributed by atoms with Gasteiger partial charge in [-0.25, -0.2) is 4.79 Å². The molecule has 0 saturated heterocycles. The lowest BCUT2D eigenvalue weighted by atomic mass is 10.00. The fourth-order valence-electron chi connectivity index (χ4n) is 2.29. The first kappa shape index (κ1) is 11.5. The molecule has 0 atom stereocenters. The molecular formula is C17H12O2. The monoisotopic (exact) mass is 248 g/mol. The summed E-state index contributed by atoms with van der Waals surface area (Å²) in [5.41, 5.74) is 0.895. The topological polar surface area (TPSA) is 37.3 Å². The number of aliphatic carboxylic acids is 1. The lowest BCUT2D eigenvalue weighted by molar-refractivity contribution is -0.131. The van der Waals surface area contributed by atoms with Gasteiger partial charge in [-0.2, -0.15) is 0 Å². The van der Waals surface area contributed by atoms with E-state index in [1.807, 2.05) is 30.3 Å². The Morgan fingerprint density at radius 1 is 0.895 bits per heavy atom. The van der Waals surface area contributed by atoms with Gasteiger partial charge in [0, 0.05) is 6.08 Å². The molecule has 2 heteroatoms. The first-order valence-corrected chi connectivity index (χ1v) is 6.06. The van der Waals surface area contributed by atoms with Crippen LogP contribution in [0.15, 0.2) is 60.7 Å². The molecular weight excluding hydrogens is 236 g/mol. The third-order valence-corrected chi connectivity index (χ3v) is 3.19. The van der Waals surface area contributed by atoms with E-state index in [-0.39, 0.29) is 0 Å². The molecule has 3 aromatic carbocycles. The highest BCUT2D eigenvalue weighted by atomic mass is 16.4. The van der Waals surface area contributed by atoms with Crippen LogP contribution >= 0.6 is 0 Å². The van der Waals surface area contributed by atoms with Crippen LogP contribution < -0.4 is 0 Å². The van der Waals surface area contributed by atoms with E-state index in [1.165, 1.54) is 10.8 Å². The van der Waals surface area contributed by atoms with Crippen molar-refractivity contribution in [2.75, 3.05) is 0 Å². The van der Waals surface area contributed by atoms with Crippen molar-refractivity contribution in [3.05, 3.63) is 66.2 Å². The molecule has 0 bridgehead atoms. The number of carbonyl (C=O) groups is 1. The van der Waals surface area contributed by atoms with E-state index in [1.54, 1.807) is 6.08 Å². The number of benzene rings is 3. The summed E-state index contributed by atoms with van der Waals surface area (Å²) < 4.78 is 0. The maximum absolute atomic E-state index is 10.6. The molecule has 3 rings (SSSR count). The average molecular weight is 248 g/mol. The first-order valence-electron chi connectivity index (χ1n) is 6.06. The lowest BCUT2D eigenvalue weighted by Gasteiger charge is -2.04. The third kappa shape index (κ3) is 2.20. The van der Waals surface area contributed by atoms with Gasteiger partial charge in [-0.05, 0) is 39.3 Å². The Morgan fingerprint density at radius 2 is 1.58 bits per heavy atom. The Bertz CT molecular complexity index is 801. The van der Waals surface area contributed by atoms with E-state index in [4.69, 9.17) is 5.11 Å². The molecule has 0 aliphatic heterocycles. The molecule has 0 unspecified atom stereocenters. The van der Waals surface area contributed by atoms with Crippen molar-refractivity contribution in [1.82, 2.24) is 0 Å². The standard InChI is InChI=1S/C17H12O2/c18-17(19)10-6-12-5-7-14-9-8-13-3-1-2-4-15(13)16(14)11-12/h1-11H,(H,18,19). The summed E-state index contributed by atoms with van der Waals surface area (Å²) in [7, 11) is 0. The van der Waals surface area contributed by atoms with Crippen LogP contribution in [0.1, 0.15) is 5.56 Å². The Morgan fingerprint density at radius 3 is 2.37 bits per heavy atom. The number of fused-ring (bicyclic) bond motifs is 3. The minimum absolute atomic E-state index is 0.895. The minimum Gasteiger partial charge on any atom is -0.478 e. The van der Waals surface area contributed by atoms with Crippen LogP contribution in [-0.2, 0) is 4.79 Å². The Labute approximate surface area is 110 Å². The molecule has 0 fully saturated rings. The maximum atomic E-state index is 10.6. The van der Waals surface area contributed by atoms with Crippen LogP contribution in [0.2, 0.25) is 0 Å². The van der Waals surface area contributed by atoms with Crippen LogP contribution in [0.25, 0.3) is 27.6 Å². The molecule has 0 aliphatic rings. The molecule has 0 spiro atoms. The van der Waals surface area contributed by atoms with Crippen molar-refractivity contribution < 1.29 is 9.90 Å². The normalized spacial score (nSPS) is 11.4. The maximum Gasteiger partial charge on any atom is 0.328 e. The highest BCUT2D eigenvalue weighted by molar-refractivity contribution is 6.08. The Balaban J connectivity index is 2.25. The van der Waals surface area contributed by atoms with E-state index >= 15 is 0 Å². The SMILES string of the molecule is O=C(O)C=Cc1ccc2ccc3ccccc3c2c1. The molecule has 0 radical (unpaired) electrons. The van der Waals surface area contributed by atoms with Gasteiger partial charge in [0.05, 0.1) is 0 Å². The Kier molecular flexibility index (Phi) is 2.76. The van der Waals surface area contributed by atoms with Crippen LogP contribution in [0, 0.1) is 0 Å². The highest BCUT2D eigenvalue weighted by Gasteiger charge is 2.00. The summed E-state index contributed by atoms with van der Waals surface area (Å²) in [6, 6.07) is 18.4. The van der Waals surface area contributed by atoms with Gasteiger partial charge in [0.25, 0.3) is 0 Å². The summed E-state index contributed by atoms with van der Waals surface area (Å²) in [5.74, 6) is -0.932. The minimum atomic E-state index is -0.932. The zero-order valence-corrected chi connectivity index (χ0v) is 10.2. The molecule has 0 amide bonds. The van der Waals surface area contributed by atoms with Gasteiger partial charge >= 0.3 is 5.97 Å². The molecule has 0 heterocycles. The predicted octanol–water partition coefficient (Wildman–Crippen LogP) is 4.09. The van der Waals surface area contributed by atoms with Gasteiger partial charge in [-0.15, -0.1) is 0 Å². The van der Waals surface area contributed by atoms with Crippen molar-refractivity contribution >= 4 is 33.6 Å². The van der Waals surface area contributed by atoms with Gasteiger partial charge in [0.2, 0.25) is 0 Å². The molecule has 0 aromatic heterocycles. The van der Waals surface area contributed by atoms with Gasteiger partial charge in [0.1, 0.15) is 0 Å². The summed E-state index contributed by atoms with van der Waals surface area (Å²) in [5, 5.41) is 13.4. The van der Waals surface area contributed by atoms with E-state index in [2.05, 4.69) is 24.3 Å². The number of hydrogen-bond acceptors (Lipinski definition) is 1. The van der Waals surface area contributed by atoms with Gasteiger partial charge in [0.15, 0.2) is 0 Å². The predicted molar refractivity (Wildman–Crippen MR) is 78.1 cm³/mol. The van der Waals surface area contributed by atoms with E-state index in [9.17, 15) is 4.79 Å². The number of carboxylic acid groups (broad SMARTS) is 1. The number of hydrogen-bond donors (Lipinski definition) is 1. The van der Waals surface area contributed by atoms with Crippen molar-refractivity contribution in [2.45, 2.75) is 0 Å². The van der Waals surface area contributed by atoms with E-state index in [0.29, 0.717) is 0 Å². The average Bonchev–Trinajstić information content (AvgIpc) is 2.44.